The minimum atomic E-state index is -0.927. The summed E-state index contributed by atoms with van der Waals surface area (Å²) in [6.07, 6.45) is 4.34. The zero-order valence-electron chi connectivity index (χ0n) is 12.2. The topological polar surface area (TPSA) is 72.3 Å². The summed E-state index contributed by atoms with van der Waals surface area (Å²) in [6.45, 7) is 3.40. The molecule has 1 N–H and O–H groups in total. The van der Waals surface area contributed by atoms with Crippen LogP contribution in [0.1, 0.15) is 53.5 Å². The molecule has 1 aromatic rings. The van der Waals surface area contributed by atoms with Crippen LogP contribution in [-0.2, 0) is 4.74 Å². The first-order valence-electron chi connectivity index (χ1n) is 7.47. The molecule has 0 aromatic carbocycles. The zero-order chi connectivity index (χ0) is 14.8. The van der Waals surface area contributed by atoms with Crippen LogP contribution in [0.5, 0.6) is 0 Å². The molecule has 114 valence electrons. The molecule has 2 aliphatic rings. The largest absolute Gasteiger partial charge is 0.478 e. The fourth-order valence-corrected chi connectivity index (χ4v) is 3.82. The summed E-state index contributed by atoms with van der Waals surface area (Å²) in [6, 6.07) is 0. The first-order valence-corrected chi connectivity index (χ1v) is 8.46. The van der Waals surface area contributed by atoms with E-state index in [4.69, 9.17) is 4.74 Å². The van der Waals surface area contributed by atoms with Crippen LogP contribution in [0.2, 0.25) is 0 Å². The van der Waals surface area contributed by atoms with Gasteiger partial charge in [0.05, 0.1) is 5.69 Å². The number of nitrogens with zero attached hydrogens (tertiary/aromatic N) is 2. The molecular weight excluding hydrogens is 288 g/mol. The van der Waals surface area contributed by atoms with Gasteiger partial charge in [-0.25, -0.2) is 14.8 Å². The zero-order valence-corrected chi connectivity index (χ0v) is 13.0. The molecule has 5 nitrogen and oxygen atoms in total. The molecule has 2 heterocycles. The second kappa shape index (κ2) is 6.32. The Bertz CT molecular complexity index is 540. The lowest BCUT2D eigenvalue weighted by atomic mass is 10.0. The number of carboxylic acid groups (broad SMARTS) is 1. The van der Waals surface area contributed by atoms with E-state index in [-0.39, 0.29) is 5.56 Å². The van der Waals surface area contributed by atoms with Gasteiger partial charge in [-0.1, -0.05) is 0 Å². The summed E-state index contributed by atoms with van der Waals surface area (Å²) in [4.78, 5) is 20.4. The Kier molecular flexibility index (Phi) is 4.45. The molecular formula is C15H20N2O3S. The summed E-state index contributed by atoms with van der Waals surface area (Å²) in [5.74, 6) is 1.83. The summed E-state index contributed by atoms with van der Waals surface area (Å²) < 4.78 is 5.36. The molecule has 2 fully saturated rings. The van der Waals surface area contributed by atoms with Crippen LogP contribution in [0.4, 0.5) is 0 Å². The van der Waals surface area contributed by atoms with Gasteiger partial charge in [-0.15, -0.1) is 11.8 Å². The normalized spacial score (nSPS) is 19.7. The Hall–Kier alpha value is -1.14. The second-order valence-electron chi connectivity index (χ2n) is 5.79. The van der Waals surface area contributed by atoms with Gasteiger partial charge in [0, 0.05) is 24.9 Å². The number of carboxylic acids is 1. The number of aromatic nitrogens is 2. The molecule has 1 saturated heterocycles. The van der Waals surface area contributed by atoms with Crippen molar-refractivity contribution in [1.82, 2.24) is 9.97 Å². The standard InChI is InChI=1S/C15H20N2O3S/c1-9-12(15(18)19)14(17-13(16-9)11-2-3-11)21-8-10-4-6-20-7-5-10/h10-11H,2-8H2,1H3,(H,18,19). The van der Waals surface area contributed by atoms with E-state index in [2.05, 4.69) is 9.97 Å². The lowest BCUT2D eigenvalue weighted by molar-refractivity contribution is 0.0689. The highest BCUT2D eigenvalue weighted by Gasteiger charge is 2.29. The molecule has 3 rings (SSSR count). The third-order valence-corrected chi connectivity index (χ3v) is 5.23. The van der Waals surface area contributed by atoms with Crippen molar-refractivity contribution < 1.29 is 14.6 Å². The maximum absolute atomic E-state index is 11.5. The Morgan fingerprint density at radius 3 is 2.62 bits per heavy atom. The maximum atomic E-state index is 11.5. The third kappa shape index (κ3) is 3.55. The fourth-order valence-electron chi connectivity index (χ4n) is 2.55. The van der Waals surface area contributed by atoms with Crippen LogP contribution >= 0.6 is 11.8 Å². The smallest absolute Gasteiger partial charge is 0.340 e. The van der Waals surface area contributed by atoms with Crippen molar-refractivity contribution in [3.05, 3.63) is 17.1 Å². The number of thioether (sulfide) groups is 1. The first-order chi connectivity index (χ1) is 10.1. The van der Waals surface area contributed by atoms with Crippen molar-refractivity contribution >= 4 is 17.7 Å². The monoisotopic (exact) mass is 308 g/mol. The van der Waals surface area contributed by atoms with Crippen LogP contribution in [0.3, 0.4) is 0 Å². The van der Waals surface area contributed by atoms with Crippen molar-refractivity contribution in [3.63, 3.8) is 0 Å². The van der Waals surface area contributed by atoms with Gasteiger partial charge in [0.2, 0.25) is 0 Å². The van der Waals surface area contributed by atoms with Crippen LogP contribution < -0.4 is 0 Å². The van der Waals surface area contributed by atoms with E-state index >= 15 is 0 Å². The lowest BCUT2D eigenvalue weighted by Gasteiger charge is -2.21. The Labute approximate surface area is 128 Å². The number of hydrogen-bond acceptors (Lipinski definition) is 5. The molecule has 0 amide bonds. The molecule has 0 bridgehead atoms. The molecule has 21 heavy (non-hydrogen) atoms. The van der Waals surface area contributed by atoms with E-state index in [0.717, 1.165) is 50.5 Å². The van der Waals surface area contributed by atoms with E-state index in [1.54, 1.807) is 18.7 Å². The van der Waals surface area contributed by atoms with Crippen LogP contribution in [0, 0.1) is 12.8 Å². The van der Waals surface area contributed by atoms with Crippen molar-refractivity contribution in [2.45, 2.75) is 43.6 Å². The summed E-state index contributed by atoms with van der Waals surface area (Å²) >= 11 is 1.57. The highest BCUT2D eigenvalue weighted by Crippen LogP contribution is 2.39. The van der Waals surface area contributed by atoms with Gasteiger partial charge in [0.1, 0.15) is 16.4 Å². The van der Waals surface area contributed by atoms with Gasteiger partial charge in [0.25, 0.3) is 0 Å². The van der Waals surface area contributed by atoms with Crippen molar-refractivity contribution in [2.24, 2.45) is 5.92 Å². The molecule has 0 radical (unpaired) electrons. The lowest BCUT2D eigenvalue weighted by Crippen LogP contribution is -2.18. The van der Waals surface area contributed by atoms with Gasteiger partial charge in [-0.3, -0.25) is 0 Å². The predicted molar refractivity (Wildman–Crippen MR) is 80.0 cm³/mol. The summed E-state index contributed by atoms with van der Waals surface area (Å²) in [7, 11) is 0. The molecule has 1 aliphatic heterocycles. The SMILES string of the molecule is Cc1nc(C2CC2)nc(SCC2CCOCC2)c1C(=O)O. The number of ether oxygens (including phenoxy) is 1. The van der Waals surface area contributed by atoms with Crippen molar-refractivity contribution in [1.29, 1.82) is 0 Å². The minimum absolute atomic E-state index is 0.274. The fraction of sp³-hybridized carbons (Fsp3) is 0.667. The first kappa shape index (κ1) is 14.8. The number of rotatable bonds is 5. The van der Waals surface area contributed by atoms with Crippen LogP contribution in [0.15, 0.2) is 5.03 Å². The molecule has 0 spiro atoms. The Morgan fingerprint density at radius 2 is 2.00 bits per heavy atom. The quantitative estimate of drug-likeness (QED) is 0.666. The minimum Gasteiger partial charge on any atom is -0.478 e. The van der Waals surface area contributed by atoms with E-state index in [9.17, 15) is 9.90 Å². The summed E-state index contributed by atoms with van der Waals surface area (Å²) in [5.41, 5.74) is 0.866. The third-order valence-electron chi connectivity index (χ3n) is 4.03. The molecule has 1 aliphatic carbocycles. The average Bonchev–Trinajstić information content (AvgIpc) is 3.29. The van der Waals surface area contributed by atoms with Crippen LogP contribution in [-0.4, -0.2) is 40.0 Å². The van der Waals surface area contributed by atoms with E-state index in [1.165, 1.54) is 0 Å². The van der Waals surface area contributed by atoms with E-state index < -0.39 is 5.97 Å². The van der Waals surface area contributed by atoms with Gasteiger partial charge in [-0.05, 0) is 38.5 Å². The van der Waals surface area contributed by atoms with Crippen LogP contribution in [0.25, 0.3) is 0 Å². The van der Waals surface area contributed by atoms with Gasteiger partial charge < -0.3 is 9.84 Å². The maximum Gasteiger partial charge on any atom is 0.340 e. The Morgan fingerprint density at radius 1 is 1.29 bits per heavy atom. The second-order valence-corrected chi connectivity index (χ2v) is 6.80. The highest BCUT2D eigenvalue weighted by atomic mass is 32.2. The number of carbonyl (C=O) groups is 1. The van der Waals surface area contributed by atoms with E-state index in [1.807, 2.05) is 0 Å². The van der Waals surface area contributed by atoms with Gasteiger partial charge >= 0.3 is 5.97 Å². The number of aryl methyl sites for hydroxylation is 1. The molecule has 6 heteroatoms. The highest BCUT2D eigenvalue weighted by molar-refractivity contribution is 7.99. The predicted octanol–water partition coefficient (Wildman–Crippen LogP) is 2.88. The average molecular weight is 308 g/mol. The van der Waals surface area contributed by atoms with Crippen molar-refractivity contribution in [3.8, 4) is 0 Å². The van der Waals surface area contributed by atoms with Gasteiger partial charge in [0.15, 0.2) is 0 Å². The summed E-state index contributed by atoms with van der Waals surface area (Å²) in [5, 5.41) is 10.1. The van der Waals surface area contributed by atoms with E-state index in [0.29, 0.717) is 22.6 Å². The molecule has 0 unspecified atom stereocenters. The van der Waals surface area contributed by atoms with Crippen molar-refractivity contribution in [2.75, 3.05) is 19.0 Å². The number of aromatic carboxylic acids is 1. The molecule has 1 aromatic heterocycles. The van der Waals surface area contributed by atoms with Gasteiger partial charge in [-0.2, -0.15) is 0 Å². The number of hydrogen-bond donors (Lipinski definition) is 1. The Balaban J connectivity index is 1.78. The molecule has 0 atom stereocenters. The molecule has 1 saturated carbocycles.